The zero-order valence-corrected chi connectivity index (χ0v) is 18.2. The Hall–Kier alpha value is -3.37. The summed E-state index contributed by atoms with van der Waals surface area (Å²) in [5, 5.41) is 29.5. The number of rotatable bonds is 7. The minimum atomic E-state index is -1.21. The van der Waals surface area contributed by atoms with Crippen LogP contribution in [0.3, 0.4) is 0 Å². The number of carbonyl (C=O) groups is 1. The fraction of sp³-hybridized carbons (Fsp3) is 0.190. The van der Waals surface area contributed by atoms with E-state index in [1.54, 1.807) is 30.3 Å². The molecule has 1 saturated heterocycles. The van der Waals surface area contributed by atoms with Crippen molar-refractivity contribution in [1.82, 2.24) is 10.2 Å². The van der Waals surface area contributed by atoms with Gasteiger partial charge in [0, 0.05) is 47.1 Å². The number of aromatic nitrogens is 2. The summed E-state index contributed by atoms with van der Waals surface area (Å²) < 4.78 is 5.59. The lowest BCUT2D eigenvalue weighted by Crippen LogP contribution is -2.18. The molecule has 1 fully saturated rings. The summed E-state index contributed by atoms with van der Waals surface area (Å²) >= 11 is 6.67. The van der Waals surface area contributed by atoms with Crippen molar-refractivity contribution in [3.05, 3.63) is 68.1 Å². The van der Waals surface area contributed by atoms with Crippen LogP contribution in [0.4, 0.5) is 11.4 Å². The maximum atomic E-state index is 11.9. The number of halogens is 1. The van der Waals surface area contributed by atoms with Crippen molar-refractivity contribution in [1.29, 1.82) is 0 Å². The Labute approximate surface area is 191 Å². The van der Waals surface area contributed by atoms with Gasteiger partial charge in [-0.05, 0) is 61.0 Å². The zero-order chi connectivity index (χ0) is 22.7. The Morgan fingerprint density at radius 3 is 2.56 bits per heavy atom. The molecular formula is C21H17ClN4O5S. The molecule has 164 valence electrons. The van der Waals surface area contributed by atoms with Gasteiger partial charge in [-0.3, -0.25) is 10.1 Å². The van der Waals surface area contributed by atoms with Gasteiger partial charge in [-0.25, -0.2) is 4.79 Å². The molecule has 32 heavy (non-hydrogen) atoms. The highest BCUT2D eigenvalue weighted by Crippen LogP contribution is 2.34. The topological polar surface area (TPSA) is 123 Å². The van der Waals surface area contributed by atoms with Crippen LogP contribution < -0.4 is 4.90 Å². The lowest BCUT2D eigenvalue weighted by molar-refractivity contribution is -0.384. The van der Waals surface area contributed by atoms with E-state index >= 15 is 0 Å². The van der Waals surface area contributed by atoms with Gasteiger partial charge < -0.3 is 14.4 Å². The van der Waals surface area contributed by atoms with Crippen LogP contribution in [0.1, 0.15) is 18.4 Å². The van der Waals surface area contributed by atoms with Crippen molar-refractivity contribution in [2.45, 2.75) is 18.1 Å². The number of hydrogen-bond donors (Lipinski definition) is 1. The van der Waals surface area contributed by atoms with E-state index in [0.29, 0.717) is 16.1 Å². The summed E-state index contributed by atoms with van der Waals surface area (Å²) in [7, 11) is 0. The lowest BCUT2D eigenvalue weighted by Gasteiger charge is -2.20. The molecule has 9 nitrogen and oxygen atoms in total. The predicted molar refractivity (Wildman–Crippen MR) is 121 cm³/mol. The van der Waals surface area contributed by atoms with E-state index in [4.69, 9.17) is 16.0 Å². The second-order valence-corrected chi connectivity index (χ2v) is 8.42. The molecule has 0 atom stereocenters. The van der Waals surface area contributed by atoms with Gasteiger partial charge in [0.05, 0.1) is 4.92 Å². The zero-order valence-electron chi connectivity index (χ0n) is 16.6. The first-order valence-electron chi connectivity index (χ1n) is 9.66. The average Bonchev–Trinajstić information content (AvgIpc) is 3.46. The Balaban J connectivity index is 1.66. The monoisotopic (exact) mass is 472 g/mol. The molecule has 0 spiro atoms. The second-order valence-electron chi connectivity index (χ2n) is 6.99. The fourth-order valence-corrected chi connectivity index (χ4v) is 4.14. The molecule has 0 amide bonds. The molecule has 11 heteroatoms. The van der Waals surface area contributed by atoms with E-state index in [2.05, 4.69) is 15.1 Å². The van der Waals surface area contributed by atoms with E-state index < -0.39 is 10.9 Å². The molecule has 3 aromatic rings. The van der Waals surface area contributed by atoms with E-state index in [-0.39, 0.29) is 21.7 Å². The Morgan fingerprint density at radius 2 is 1.91 bits per heavy atom. The number of non-ortho nitro benzene ring substituents is 1. The van der Waals surface area contributed by atoms with Gasteiger partial charge in [0.2, 0.25) is 5.89 Å². The minimum Gasteiger partial charge on any atom is -0.477 e. The molecule has 0 unspecified atom stereocenters. The smallest absolute Gasteiger partial charge is 0.342 e. The number of aliphatic carboxylic acids is 1. The molecule has 0 radical (unpaired) electrons. The third-order valence-corrected chi connectivity index (χ3v) is 5.96. The molecule has 2 aromatic carbocycles. The van der Waals surface area contributed by atoms with Gasteiger partial charge >= 0.3 is 5.97 Å². The van der Waals surface area contributed by atoms with Crippen LogP contribution in [-0.2, 0) is 4.79 Å². The van der Waals surface area contributed by atoms with E-state index in [1.165, 1.54) is 18.2 Å². The number of carboxylic acid groups (broad SMARTS) is 1. The van der Waals surface area contributed by atoms with Gasteiger partial charge in [-0.1, -0.05) is 11.6 Å². The largest absolute Gasteiger partial charge is 0.477 e. The number of anilines is 1. The number of nitro groups is 1. The molecule has 0 bridgehead atoms. The maximum Gasteiger partial charge on any atom is 0.342 e. The van der Waals surface area contributed by atoms with Crippen molar-refractivity contribution < 1.29 is 19.2 Å². The number of carboxylic acids is 1. The molecule has 0 saturated carbocycles. The van der Waals surface area contributed by atoms with Gasteiger partial charge in [-0.15, -0.1) is 10.2 Å². The summed E-state index contributed by atoms with van der Waals surface area (Å²) in [6, 6.07) is 11.2. The Bertz CT molecular complexity index is 1190. The van der Waals surface area contributed by atoms with Gasteiger partial charge in [0.25, 0.3) is 10.9 Å². The molecule has 4 rings (SSSR count). The van der Waals surface area contributed by atoms with Crippen LogP contribution in [0.2, 0.25) is 5.02 Å². The molecule has 2 heterocycles. The van der Waals surface area contributed by atoms with Crippen molar-refractivity contribution in [3.8, 4) is 11.5 Å². The fourth-order valence-electron chi connectivity index (χ4n) is 3.35. The van der Waals surface area contributed by atoms with Crippen LogP contribution >= 0.6 is 23.4 Å². The normalized spacial score (nSPS) is 14.0. The summed E-state index contributed by atoms with van der Waals surface area (Å²) in [4.78, 5) is 24.7. The highest BCUT2D eigenvalue weighted by Gasteiger charge is 2.21. The first-order chi connectivity index (χ1) is 15.4. The SMILES string of the molecule is O=C(O)/C(=C\c1cc([N+](=O)[O-])ccc1N1CCCC1)Sc1nnc(-c2ccc(Cl)cc2)o1. The van der Waals surface area contributed by atoms with Crippen molar-refractivity contribution in [2.24, 2.45) is 0 Å². The number of hydrogen-bond acceptors (Lipinski definition) is 8. The van der Waals surface area contributed by atoms with Gasteiger partial charge in [0.15, 0.2) is 0 Å². The minimum absolute atomic E-state index is 0.0387. The Kier molecular flexibility index (Phi) is 6.42. The second kappa shape index (κ2) is 9.41. The van der Waals surface area contributed by atoms with Crippen LogP contribution in [0.25, 0.3) is 17.5 Å². The maximum absolute atomic E-state index is 11.9. The van der Waals surface area contributed by atoms with Gasteiger partial charge in [-0.2, -0.15) is 0 Å². The quantitative estimate of drug-likeness (QED) is 0.216. The van der Waals surface area contributed by atoms with Crippen LogP contribution in [0.5, 0.6) is 0 Å². The lowest BCUT2D eigenvalue weighted by atomic mass is 10.1. The summed E-state index contributed by atoms with van der Waals surface area (Å²) in [6.07, 6.45) is 3.42. The highest BCUT2D eigenvalue weighted by atomic mass is 35.5. The molecular weight excluding hydrogens is 456 g/mol. The van der Waals surface area contributed by atoms with Crippen molar-refractivity contribution in [3.63, 3.8) is 0 Å². The van der Waals surface area contributed by atoms with Crippen molar-refractivity contribution in [2.75, 3.05) is 18.0 Å². The van der Waals surface area contributed by atoms with E-state index in [1.807, 2.05) is 0 Å². The molecule has 1 aliphatic heterocycles. The third-order valence-electron chi connectivity index (χ3n) is 4.86. The third kappa shape index (κ3) is 4.92. The Morgan fingerprint density at radius 1 is 1.19 bits per heavy atom. The number of nitrogens with zero attached hydrogens (tertiary/aromatic N) is 4. The first-order valence-corrected chi connectivity index (χ1v) is 10.9. The number of thioether (sulfide) groups is 1. The first kappa shape index (κ1) is 21.8. The van der Waals surface area contributed by atoms with Crippen molar-refractivity contribution >= 4 is 46.8 Å². The summed E-state index contributed by atoms with van der Waals surface area (Å²) in [5.74, 6) is -0.984. The van der Waals surface area contributed by atoms with E-state index in [9.17, 15) is 20.0 Å². The van der Waals surface area contributed by atoms with E-state index in [0.717, 1.165) is 43.4 Å². The number of nitro benzene ring substituents is 1. The molecule has 1 N–H and O–H groups in total. The molecule has 0 aliphatic carbocycles. The standard InChI is InChI=1S/C21H17ClN4O5S/c22-15-5-3-13(4-6-15)19-23-24-21(31-19)32-18(20(27)28)12-14-11-16(26(29)30)7-8-17(14)25-9-1-2-10-25/h3-8,11-12H,1-2,9-10H2,(H,27,28)/b18-12+. The van der Waals surface area contributed by atoms with Crippen LogP contribution in [0, 0.1) is 10.1 Å². The summed E-state index contributed by atoms with van der Waals surface area (Å²) in [5.41, 5.74) is 1.73. The number of benzene rings is 2. The predicted octanol–water partition coefficient (Wildman–Crippen LogP) is 5.12. The molecule has 1 aliphatic rings. The van der Waals surface area contributed by atoms with Crippen LogP contribution in [0.15, 0.2) is 57.0 Å². The molecule has 1 aromatic heterocycles. The van der Waals surface area contributed by atoms with Gasteiger partial charge in [0.1, 0.15) is 4.91 Å². The average molecular weight is 473 g/mol. The highest BCUT2D eigenvalue weighted by molar-refractivity contribution is 8.03. The summed E-state index contributed by atoms with van der Waals surface area (Å²) in [6.45, 7) is 1.62. The van der Waals surface area contributed by atoms with Crippen LogP contribution in [-0.4, -0.2) is 39.3 Å².